The molecule has 0 amide bonds. The van der Waals surface area contributed by atoms with E-state index in [9.17, 15) is 21.6 Å². The normalized spacial score (nSPS) is 15.4. The Morgan fingerprint density at radius 1 is 1.09 bits per heavy atom. The minimum atomic E-state index is -4.15. The zero-order chi connectivity index (χ0) is 24.2. The average Bonchev–Trinajstić information content (AvgIpc) is 3.15. The van der Waals surface area contributed by atoms with Gasteiger partial charge in [-0.2, -0.15) is 0 Å². The van der Waals surface area contributed by atoms with Gasteiger partial charge in [-0.05, 0) is 54.5 Å². The molecule has 1 N–H and O–H groups in total. The highest BCUT2D eigenvalue weighted by molar-refractivity contribution is 7.93. The topological polar surface area (TPSA) is 128 Å². The molecule has 1 fully saturated rings. The van der Waals surface area contributed by atoms with Gasteiger partial charge in [0.25, 0.3) is 10.0 Å². The molecule has 10 nitrogen and oxygen atoms in total. The second kappa shape index (κ2) is 9.71. The number of carbonyl (C=O) groups excluding carboxylic acids is 1. The average molecular weight is 497 g/mol. The van der Waals surface area contributed by atoms with E-state index in [0.29, 0.717) is 24.2 Å². The highest BCUT2D eigenvalue weighted by atomic mass is 32.2. The van der Waals surface area contributed by atoms with E-state index < -0.39 is 26.0 Å². The van der Waals surface area contributed by atoms with E-state index in [-0.39, 0.29) is 27.8 Å². The first-order valence-electron chi connectivity index (χ1n) is 9.76. The minimum absolute atomic E-state index is 0.0139. The van der Waals surface area contributed by atoms with Crippen LogP contribution in [0.4, 0.5) is 11.4 Å². The number of rotatable bonds is 8. The molecule has 0 unspecified atom stereocenters. The number of anilines is 2. The molecule has 1 heterocycles. The number of carbonyl (C=O) groups is 1. The molecule has 0 bridgehead atoms. The Kier molecular flexibility index (Phi) is 7.18. The summed E-state index contributed by atoms with van der Waals surface area (Å²) in [5, 5.41) is 0. The van der Waals surface area contributed by atoms with Crippen LogP contribution in [0.15, 0.2) is 47.4 Å². The van der Waals surface area contributed by atoms with E-state index >= 15 is 0 Å². The van der Waals surface area contributed by atoms with Gasteiger partial charge >= 0.3 is 5.97 Å². The van der Waals surface area contributed by atoms with Crippen molar-refractivity contribution in [1.29, 1.82) is 0 Å². The van der Waals surface area contributed by atoms with Gasteiger partial charge in [0.2, 0.25) is 10.0 Å². The van der Waals surface area contributed by atoms with Crippen molar-refractivity contribution >= 4 is 43.5 Å². The van der Waals surface area contributed by atoms with Crippen molar-refractivity contribution < 1.29 is 35.8 Å². The molecular formula is C21H24N2O8S2. The largest absolute Gasteiger partial charge is 0.493 e. The molecule has 1 aliphatic rings. The molecular weight excluding hydrogens is 472 g/mol. The molecule has 0 aromatic heterocycles. The molecule has 178 valence electrons. The summed E-state index contributed by atoms with van der Waals surface area (Å²) in [5.41, 5.74) is 1.06. The maximum Gasteiger partial charge on any atom is 0.330 e. The second-order valence-electron chi connectivity index (χ2n) is 7.01. The zero-order valence-corrected chi connectivity index (χ0v) is 19.9. The lowest BCUT2D eigenvalue weighted by Gasteiger charge is -2.18. The third kappa shape index (κ3) is 5.40. The number of nitrogens with zero attached hydrogens (tertiary/aromatic N) is 1. The van der Waals surface area contributed by atoms with Crippen LogP contribution in [-0.4, -0.2) is 56.4 Å². The van der Waals surface area contributed by atoms with E-state index in [0.717, 1.165) is 6.08 Å². The monoisotopic (exact) mass is 496 g/mol. The third-order valence-electron chi connectivity index (χ3n) is 4.88. The number of ether oxygens (including phenoxy) is 3. The quantitative estimate of drug-likeness (QED) is 0.435. The number of benzene rings is 2. The fraction of sp³-hybridized carbons (Fsp3) is 0.286. The molecule has 0 radical (unpaired) electrons. The molecule has 0 spiro atoms. The summed E-state index contributed by atoms with van der Waals surface area (Å²) in [5.74, 6) is -0.379. The molecule has 12 heteroatoms. The second-order valence-corrected chi connectivity index (χ2v) is 10.7. The summed E-state index contributed by atoms with van der Waals surface area (Å²) in [6.07, 6.45) is 3.08. The van der Waals surface area contributed by atoms with Crippen molar-refractivity contribution in [3.63, 3.8) is 0 Å². The number of nitrogens with one attached hydrogen (secondary N) is 1. The number of sulfonamides is 2. The third-order valence-corrected chi connectivity index (χ3v) is 8.13. The smallest absolute Gasteiger partial charge is 0.330 e. The summed E-state index contributed by atoms with van der Waals surface area (Å²) in [7, 11) is -3.59. The van der Waals surface area contributed by atoms with E-state index in [1.165, 1.54) is 68.1 Å². The van der Waals surface area contributed by atoms with Crippen molar-refractivity contribution in [2.45, 2.75) is 11.3 Å². The van der Waals surface area contributed by atoms with Crippen LogP contribution in [-0.2, 0) is 29.6 Å². The summed E-state index contributed by atoms with van der Waals surface area (Å²) >= 11 is 0. The van der Waals surface area contributed by atoms with Gasteiger partial charge in [0.05, 0.1) is 32.8 Å². The molecule has 2 aromatic rings. The van der Waals surface area contributed by atoms with E-state index in [1.54, 1.807) is 0 Å². The predicted molar refractivity (Wildman–Crippen MR) is 124 cm³/mol. The van der Waals surface area contributed by atoms with Crippen LogP contribution in [0.25, 0.3) is 6.08 Å². The van der Waals surface area contributed by atoms with Crippen molar-refractivity contribution in [2.75, 3.05) is 42.7 Å². The van der Waals surface area contributed by atoms with Gasteiger partial charge in [0.15, 0.2) is 11.5 Å². The highest BCUT2D eigenvalue weighted by Gasteiger charge is 2.28. The van der Waals surface area contributed by atoms with Gasteiger partial charge in [-0.25, -0.2) is 21.6 Å². The van der Waals surface area contributed by atoms with Gasteiger partial charge in [-0.1, -0.05) is 0 Å². The van der Waals surface area contributed by atoms with Gasteiger partial charge in [0, 0.05) is 18.3 Å². The Bertz CT molecular complexity index is 1270. The number of hydrogen-bond donors (Lipinski definition) is 1. The molecule has 0 aliphatic carbocycles. The summed E-state index contributed by atoms with van der Waals surface area (Å²) in [4.78, 5) is 11.2. The molecule has 0 atom stereocenters. The van der Waals surface area contributed by atoms with E-state index in [4.69, 9.17) is 9.47 Å². The summed E-state index contributed by atoms with van der Waals surface area (Å²) < 4.78 is 69.4. The van der Waals surface area contributed by atoms with Gasteiger partial charge in [-0.3, -0.25) is 9.03 Å². The summed E-state index contributed by atoms with van der Waals surface area (Å²) in [6.45, 7) is 0.385. The van der Waals surface area contributed by atoms with Crippen LogP contribution >= 0.6 is 0 Å². The van der Waals surface area contributed by atoms with Crippen LogP contribution < -0.4 is 18.5 Å². The van der Waals surface area contributed by atoms with Crippen LogP contribution in [0, 0.1) is 0 Å². The molecule has 3 rings (SSSR count). The Morgan fingerprint density at radius 3 is 2.33 bits per heavy atom. The fourth-order valence-corrected chi connectivity index (χ4v) is 6.15. The number of esters is 1. The van der Waals surface area contributed by atoms with Crippen molar-refractivity contribution in [3.8, 4) is 11.5 Å². The van der Waals surface area contributed by atoms with Crippen LogP contribution in [0.1, 0.15) is 12.0 Å². The predicted octanol–water partition coefficient (Wildman–Crippen LogP) is 2.23. The lowest BCUT2D eigenvalue weighted by Crippen LogP contribution is -2.25. The van der Waals surface area contributed by atoms with Crippen molar-refractivity contribution in [2.24, 2.45) is 0 Å². The van der Waals surface area contributed by atoms with Crippen LogP contribution in [0.5, 0.6) is 11.5 Å². The molecule has 2 aromatic carbocycles. The Labute approximate surface area is 192 Å². The minimum Gasteiger partial charge on any atom is -0.493 e. The van der Waals surface area contributed by atoms with Crippen LogP contribution in [0.3, 0.4) is 0 Å². The fourth-order valence-electron chi connectivity index (χ4n) is 3.31. The zero-order valence-electron chi connectivity index (χ0n) is 18.3. The Hall–Kier alpha value is -3.25. The maximum absolute atomic E-state index is 13.2. The maximum atomic E-state index is 13.2. The van der Waals surface area contributed by atoms with Crippen LogP contribution in [0.2, 0.25) is 0 Å². The Balaban J connectivity index is 1.94. The molecule has 1 aliphatic heterocycles. The first-order chi connectivity index (χ1) is 15.6. The Morgan fingerprint density at radius 2 is 1.79 bits per heavy atom. The summed E-state index contributed by atoms with van der Waals surface area (Å²) in [6, 6.07) is 8.87. The SMILES string of the molecule is COC(=O)/C=C/c1cc(OC)c(OC)c(S(=O)(=O)Nc2ccc(N3CCCS3(=O)=O)cc2)c1. The highest BCUT2D eigenvalue weighted by Crippen LogP contribution is 2.37. The van der Waals surface area contributed by atoms with Gasteiger partial charge < -0.3 is 14.2 Å². The lowest BCUT2D eigenvalue weighted by molar-refractivity contribution is -0.134. The first kappa shape index (κ1) is 24.4. The molecule has 0 saturated carbocycles. The lowest BCUT2D eigenvalue weighted by atomic mass is 10.2. The number of methoxy groups -OCH3 is 3. The van der Waals surface area contributed by atoms with E-state index in [1.807, 2.05) is 0 Å². The van der Waals surface area contributed by atoms with Crippen molar-refractivity contribution in [1.82, 2.24) is 0 Å². The molecule has 33 heavy (non-hydrogen) atoms. The van der Waals surface area contributed by atoms with Gasteiger partial charge in [-0.15, -0.1) is 0 Å². The standard InChI is InChI=1S/C21H24N2O8S2/c1-29-18-13-15(5-10-20(24)30-2)14-19(21(18)31-3)33(27,28)22-16-6-8-17(9-7-16)23-11-4-12-32(23,25)26/h5-10,13-14,22H,4,11-12H2,1-3H3/b10-5+. The first-order valence-corrected chi connectivity index (χ1v) is 12.9. The molecule has 1 saturated heterocycles. The van der Waals surface area contributed by atoms with E-state index in [2.05, 4.69) is 9.46 Å². The van der Waals surface area contributed by atoms with Crippen molar-refractivity contribution in [3.05, 3.63) is 48.0 Å². The number of hydrogen-bond acceptors (Lipinski definition) is 8. The van der Waals surface area contributed by atoms with Gasteiger partial charge in [0.1, 0.15) is 4.90 Å².